The van der Waals surface area contributed by atoms with E-state index < -0.39 is 0 Å². The quantitative estimate of drug-likeness (QED) is 0.613. The molecule has 3 nitrogen and oxygen atoms in total. The monoisotopic (exact) mass is 350 g/mol. The molecule has 0 amide bonds. The van der Waals surface area contributed by atoms with Crippen molar-refractivity contribution in [3.63, 3.8) is 0 Å². The van der Waals surface area contributed by atoms with Gasteiger partial charge in [0.05, 0.1) is 12.3 Å². The van der Waals surface area contributed by atoms with Crippen LogP contribution in [-0.2, 0) is 4.79 Å². The molecule has 4 heteroatoms. The van der Waals surface area contributed by atoms with Gasteiger partial charge in [0.2, 0.25) is 0 Å². The number of carbonyl (C=O) groups is 1. The molecule has 126 valence electrons. The molecule has 0 bridgehead atoms. The van der Waals surface area contributed by atoms with Gasteiger partial charge in [0.1, 0.15) is 6.29 Å². The van der Waals surface area contributed by atoms with Gasteiger partial charge in [-0.3, -0.25) is 9.79 Å². The molecule has 0 aliphatic carbocycles. The summed E-state index contributed by atoms with van der Waals surface area (Å²) in [5, 5.41) is 0.695. The molecule has 0 fully saturated rings. The van der Waals surface area contributed by atoms with Crippen LogP contribution in [0, 0.1) is 0 Å². The highest BCUT2D eigenvalue weighted by molar-refractivity contribution is 6.30. The molecule has 2 aromatic carbocycles. The maximum absolute atomic E-state index is 11.1. The van der Waals surface area contributed by atoms with Gasteiger partial charge in [-0.2, -0.15) is 0 Å². The minimum absolute atomic E-state index is 0.449. The summed E-state index contributed by atoms with van der Waals surface area (Å²) < 4.78 is 0. The molecule has 0 radical (unpaired) electrons. The lowest BCUT2D eigenvalue weighted by atomic mass is 9.91. The molecule has 0 aromatic heterocycles. The Labute approximate surface area is 153 Å². The minimum atomic E-state index is 0.449. The predicted molar refractivity (Wildman–Crippen MR) is 104 cm³/mol. The third kappa shape index (κ3) is 3.72. The second kappa shape index (κ2) is 7.49. The average molecular weight is 351 g/mol. The van der Waals surface area contributed by atoms with E-state index in [2.05, 4.69) is 12.1 Å². The molecule has 3 rings (SSSR count). The Morgan fingerprint density at radius 3 is 2.36 bits per heavy atom. The molecule has 25 heavy (non-hydrogen) atoms. The van der Waals surface area contributed by atoms with Crippen LogP contribution in [0.4, 0.5) is 0 Å². The van der Waals surface area contributed by atoms with Gasteiger partial charge in [-0.1, -0.05) is 48.0 Å². The van der Waals surface area contributed by atoms with E-state index in [0.29, 0.717) is 11.6 Å². The third-order valence-electron chi connectivity index (χ3n) is 4.00. The third-order valence-corrected chi connectivity index (χ3v) is 4.25. The number of allylic oxidation sites excluding steroid dienone is 1. The van der Waals surface area contributed by atoms with Gasteiger partial charge in [-0.15, -0.1) is 0 Å². The van der Waals surface area contributed by atoms with Crippen LogP contribution in [0.2, 0.25) is 5.02 Å². The van der Waals surface area contributed by atoms with Crippen LogP contribution in [0.15, 0.2) is 71.4 Å². The minimum Gasteiger partial charge on any atom is -0.383 e. The zero-order valence-corrected chi connectivity index (χ0v) is 15.0. The standard InChI is InChI=1S/C21H19ClN2O/c1-24(2)14-20-16(11-12-25)13-23-21(15-7-9-17(22)10-8-15)19-6-4-3-5-18(19)20/h3-12,14H,13H2,1-2H3/b16-11-,20-14?. The summed E-state index contributed by atoms with van der Waals surface area (Å²) in [6.07, 6.45) is 4.46. The Morgan fingerprint density at radius 2 is 1.72 bits per heavy atom. The first-order chi connectivity index (χ1) is 12.1. The van der Waals surface area contributed by atoms with Gasteiger partial charge in [0, 0.05) is 42.0 Å². The average Bonchev–Trinajstić information content (AvgIpc) is 2.74. The van der Waals surface area contributed by atoms with Crippen LogP contribution in [0.1, 0.15) is 16.7 Å². The molecule has 0 saturated heterocycles. The van der Waals surface area contributed by atoms with Crippen LogP contribution < -0.4 is 0 Å². The van der Waals surface area contributed by atoms with Crippen molar-refractivity contribution < 1.29 is 4.79 Å². The molecule has 2 aromatic rings. The van der Waals surface area contributed by atoms with Crippen molar-refractivity contribution in [2.45, 2.75) is 0 Å². The Bertz CT molecular complexity index is 877. The van der Waals surface area contributed by atoms with Crippen molar-refractivity contribution in [1.82, 2.24) is 4.90 Å². The fourth-order valence-corrected chi connectivity index (χ4v) is 3.05. The maximum atomic E-state index is 11.1. The van der Waals surface area contributed by atoms with Crippen LogP contribution >= 0.6 is 11.6 Å². The highest BCUT2D eigenvalue weighted by atomic mass is 35.5. The molecular formula is C21H19ClN2O. The summed E-state index contributed by atoms with van der Waals surface area (Å²) in [6.45, 7) is 0.449. The van der Waals surface area contributed by atoms with E-state index in [1.54, 1.807) is 6.08 Å². The lowest BCUT2D eigenvalue weighted by Crippen LogP contribution is -2.07. The summed E-state index contributed by atoms with van der Waals surface area (Å²) in [7, 11) is 3.94. The Kier molecular flexibility index (Phi) is 5.15. The van der Waals surface area contributed by atoms with Gasteiger partial charge in [0.15, 0.2) is 0 Å². The van der Waals surface area contributed by atoms with Crippen molar-refractivity contribution in [1.29, 1.82) is 0 Å². The summed E-state index contributed by atoms with van der Waals surface area (Å²) >= 11 is 6.03. The zero-order valence-electron chi connectivity index (χ0n) is 14.2. The van der Waals surface area contributed by atoms with Crippen molar-refractivity contribution in [3.8, 4) is 0 Å². The number of hydrogen-bond donors (Lipinski definition) is 0. The molecule has 0 unspecified atom stereocenters. The van der Waals surface area contributed by atoms with Gasteiger partial charge in [-0.05, 0) is 29.3 Å². The van der Waals surface area contributed by atoms with Crippen molar-refractivity contribution in [2.24, 2.45) is 4.99 Å². The van der Waals surface area contributed by atoms with Gasteiger partial charge in [-0.25, -0.2) is 0 Å². The number of halogens is 1. The van der Waals surface area contributed by atoms with Crippen LogP contribution in [0.3, 0.4) is 0 Å². The SMILES string of the molecule is CN(C)C=C1/C(=C\C=O)CN=C(c2ccc(Cl)cc2)c2ccccc21. The molecule has 0 spiro atoms. The molecule has 1 aliphatic heterocycles. The second-order valence-corrected chi connectivity index (χ2v) is 6.49. The van der Waals surface area contributed by atoms with E-state index in [0.717, 1.165) is 39.8 Å². The molecule has 1 aliphatic rings. The molecule has 0 saturated carbocycles. The van der Waals surface area contributed by atoms with Gasteiger partial charge >= 0.3 is 0 Å². The van der Waals surface area contributed by atoms with Crippen molar-refractivity contribution in [2.75, 3.05) is 20.6 Å². The van der Waals surface area contributed by atoms with Crippen molar-refractivity contribution >= 4 is 29.2 Å². The van der Waals surface area contributed by atoms with E-state index in [-0.39, 0.29) is 0 Å². The van der Waals surface area contributed by atoms with Gasteiger partial charge in [0.25, 0.3) is 0 Å². The van der Waals surface area contributed by atoms with Crippen LogP contribution in [0.25, 0.3) is 5.57 Å². The number of nitrogens with zero attached hydrogens (tertiary/aromatic N) is 2. The summed E-state index contributed by atoms with van der Waals surface area (Å²) in [5.74, 6) is 0. The van der Waals surface area contributed by atoms with Gasteiger partial charge < -0.3 is 4.90 Å². The smallest absolute Gasteiger partial charge is 0.143 e. The first kappa shape index (κ1) is 17.2. The zero-order chi connectivity index (χ0) is 17.8. The molecular weight excluding hydrogens is 332 g/mol. The Morgan fingerprint density at radius 1 is 1.04 bits per heavy atom. The summed E-state index contributed by atoms with van der Waals surface area (Å²) in [4.78, 5) is 17.9. The van der Waals surface area contributed by atoms with Crippen LogP contribution in [0.5, 0.6) is 0 Å². The number of carbonyl (C=O) groups excluding carboxylic acids is 1. The van der Waals surface area contributed by atoms with E-state index in [9.17, 15) is 4.79 Å². The van der Waals surface area contributed by atoms with E-state index in [4.69, 9.17) is 16.6 Å². The molecule has 0 N–H and O–H groups in total. The second-order valence-electron chi connectivity index (χ2n) is 6.05. The largest absolute Gasteiger partial charge is 0.383 e. The number of benzene rings is 2. The summed E-state index contributed by atoms with van der Waals surface area (Å²) in [6, 6.07) is 15.8. The first-order valence-electron chi connectivity index (χ1n) is 8.03. The normalized spacial score (nSPS) is 17.0. The highest BCUT2D eigenvalue weighted by Gasteiger charge is 2.20. The summed E-state index contributed by atoms with van der Waals surface area (Å²) in [5.41, 5.74) is 5.95. The fourth-order valence-electron chi connectivity index (χ4n) is 2.92. The predicted octanol–water partition coefficient (Wildman–Crippen LogP) is 4.22. The number of fused-ring (bicyclic) bond motifs is 1. The van der Waals surface area contributed by atoms with Crippen LogP contribution in [-0.4, -0.2) is 37.5 Å². The lowest BCUT2D eigenvalue weighted by Gasteiger charge is -2.15. The Hall–Kier alpha value is -2.65. The molecule has 0 atom stereocenters. The number of hydrogen-bond acceptors (Lipinski definition) is 3. The van der Waals surface area contributed by atoms with E-state index >= 15 is 0 Å². The first-order valence-corrected chi connectivity index (χ1v) is 8.41. The fraction of sp³-hybridized carbons (Fsp3) is 0.143. The van der Waals surface area contributed by atoms with E-state index in [1.165, 1.54) is 0 Å². The van der Waals surface area contributed by atoms with Crippen molar-refractivity contribution in [3.05, 3.63) is 88.1 Å². The van der Waals surface area contributed by atoms with E-state index in [1.807, 2.05) is 61.6 Å². The lowest BCUT2D eigenvalue weighted by molar-refractivity contribution is -0.104. The Balaban J connectivity index is 2.24. The highest BCUT2D eigenvalue weighted by Crippen LogP contribution is 2.31. The number of aliphatic imine (C=N–C) groups is 1. The number of aldehydes is 1. The maximum Gasteiger partial charge on any atom is 0.143 e. The number of rotatable bonds is 3. The topological polar surface area (TPSA) is 32.7 Å². The molecule has 1 heterocycles.